The maximum atomic E-state index is 12.3. The van der Waals surface area contributed by atoms with Crippen LogP contribution >= 0.6 is 0 Å². The molecule has 1 aliphatic rings. The Morgan fingerprint density at radius 2 is 1.96 bits per heavy atom. The summed E-state index contributed by atoms with van der Waals surface area (Å²) >= 11 is 0. The van der Waals surface area contributed by atoms with E-state index in [0.717, 1.165) is 11.8 Å². The van der Waals surface area contributed by atoms with Crippen LogP contribution in [-0.4, -0.2) is 33.0 Å². The van der Waals surface area contributed by atoms with E-state index in [1.54, 1.807) is 0 Å². The predicted molar refractivity (Wildman–Crippen MR) is 82.9 cm³/mol. The largest absolute Gasteiger partial charge is 0.461 e. The SMILES string of the molecule is CS(=O)(=O)OC[C@@H]1CC(=O)CC[C@@H]1C(=O)OCc1ccccc1. The first kappa shape index (κ1) is 17.6. The van der Waals surface area contributed by atoms with Crippen molar-refractivity contribution in [3.63, 3.8) is 0 Å². The van der Waals surface area contributed by atoms with Crippen LogP contribution in [0.15, 0.2) is 30.3 Å². The molecular formula is C16H20O6S. The molecule has 0 aromatic heterocycles. The molecule has 126 valence electrons. The van der Waals surface area contributed by atoms with Crippen molar-refractivity contribution in [2.75, 3.05) is 12.9 Å². The first-order valence-electron chi connectivity index (χ1n) is 7.42. The lowest BCUT2D eigenvalue weighted by Crippen LogP contribution is -2.35. The Kier molecular flexibility index (Phi) is 5.90. The van der Waals surface area contributed by atoms with Crippen LogP contribution in [0, 0.1) is 11.8 Å². The highest BCUT2D eigenvalue weighted by Crippen LogP contribution is 2.30. The van der Waals surface area contributed by atoms with Crippen LogP contribution in [0.2, 0.25) is 0 Å². The highest BCUT2D eigenvalue weighted by atomic mass is 32.2. The maximum Gasteiger partial charge on any atom is 0.309 e. The number of Topliss-reactive ketones (excluding diaryl/α,β-unsaturated/α-hetero) is 1. The molecule has 0 N–H and O–H groups in total. The van der Waals surface area contributed by atoms with E-state index in [1.807, 2.05) is 30.3 Å². The van der Waals surface area contributed by atoms with E-state index in [4.69, 9.17) is 8.92 Å². The first-order chi connectivity index (χ1) is 10.8. The second-order valence-electron chi connectivity index (χ2n) is 5.73. The summed E-state index contributed by atoms with van der Waals surface area (Å²) in [4.78, 5) is 23.9. The summed E-state index contributed by atoms with van der Waals surface area (Å²) in [5.74, 6) is -1.38. The summed E-state index contributed by atoms with van der Waals surface area (Å²) < 4.78 is 32.3. The van der Waals surface area contributed by atoms with Crippen molar-refractivity contribution >= 4 is 21.9 Å². The van der Waals surface area contributed by atoms with Crippen LogP contribution in [0.25, 0.3) is 0 Å². The van der Waals surface area contributed by atoms with Crippen LogP contribution < -0.4 is 0 Å². The standard InChI is InChI=1S/C16H20O6S/c1-23(19,20)22-11-13-9-14(17)7-8-15(13)16(18)21-10-12-5-3-2-4-6-12/h2-6,13,15H,7-11H2,1H3/t13-,15-/m0/s1. The lowest BCUT2D eigenvalue weighted by atomic mass is 9.79. The van der Waals surface area contributed by atoms with E-state index < -0.39 is 27.9 Å². The summed E-state index contributed by atoms with van der Waals surface area (Å²) in [5.41, 5.74) is 0.872. The molecular weight excluding hydrogens is 320 g/mol. The van der Waals surface area contributed by atoms with Gasteiger partial charge in [0.25, 0.3) is 10.1 Å². The van der Waals surface area contributed by atoms with E-state index in [0.29, 0.717) is 12.8 Å². The quantitative estimate of drug-likeness (QED) is 0.578. The molecule has 2 rings (SSSR count). The van der Waals surface area contributed by atoms with Gasteiger partial charge in [-0.05, 0) is 12.0 Å². The van der Waals surface area contributed by atoms with Crippen molar-refractivity contribution in [2.24, 2.45) is 11.8 Å². The summed E-state index contributed by atoms with van der Waals surface area (Å²) in [7, 11) is -3.61. The Hall–Kier alpha value is -1.73. The fraction of sp³-hybridized carbons (Fsp3) is 0.500. The number of carbonyl (C=O) groups is 2. The van der Waals surface area contributed by atoms with E-state index >= 15 is 0 Å². The van der Waals surface area contributed by atoms with Gasteiger partial charge in [-0.15, -0.1) is 0 Å². The number of hydrogen-bond donors (Lipinski definition) is 0. The van der Waals surface area contributed by atoms with Crippen molar-refractivity contribution in [3.8, 4) is 0 Å². The molecule has 7 heteroatoms. The lowest BCUT2D eigenvalue weighted by Gasteiger charge is -2.28. The highest BCUT2D eigenvalue weighted by molar-refractivity contribution is 7.85. The third-order valence-electron chi connectivity index (χ3n) is 3.82. The molecule has 0 unspecified atom stereocenters. The molecule has 1 fully saturated rings. The molecule has 2 atom stereocenters. The normalized spacial score (nSPS) is 21.9. The Morgan fingerprint density at radius 1 is 1.26 bits per heavy atom. The molecule has 1 aromatic rings. The van der Waals surface area contributed by atoms with Crippen LogP contribution in [0.5, 0.6) is 0 Å². The highest BCUT2D eigenvalue weighted by Gasteiger charge is 2.36. The summed E-state index contributed by atoms with van der Waals surface area (Å²) in [5, 5.41) is 0. The molecule has 0 amide bonds. The molecule has 1 saturated carbocycles. The number of benzene rings is 1. The molecule has 0 bridgehead atoms. The van der Waals surface area contributed by atoms with Gasteiger partial charge in [0.1, 0.15) is 12.4 Å². The Bertz CT molecular complexity index is 652. The fourth-order valence-corrected chi connectivity index (χ4v) is 3.04. The van der Waals surface area contributed by atoms with Crippen molar-refractivity contribution in [1.82, 2.24) is 0 Å². The average molecular weight is 340 g/mol. The van der Waals surface area contributed by atoms with Crippen molar-refractivity contribution < 1.29 is 26.9 Å². The van der Waals surface area contributed by atoms with E-state index in [1.165, 1.54) is 0 Å². The molecule has 0 heterocycles. The van der Waals surface area contributed by atoms with Gasteiger partial charge in [-0.25, -0.2) is 0 Å². The third kappa shape index (κ3) is 5.76. The molecule has 0 saturated heterocycles. The summed E-state index contributed by atoms with van der Waals surface area (Å²) in [6, 6.07) is 9.27. The van der Waals surface area contributed by atoms with Crippen LogP contribution in [-0.2, 0) is 35.2 Å². The molecule has 1 aromatic carbocycles. The van der Waals surface area contributed by atoms with Gasteiger partial charge in [-0.1, -0.05) is 30.3 Å². The number of rotatable bonds is 6. The van der Waals surface area contributed by atoms with Gasteiger partial charge < -0.3 is 4.74 Å². The van der Waals surface area contributed by atoms with Gasteiger partial charge in [0.2, 0.25) is 0 Å². The van der Waals surface area contributed by atoms with E-state index in [2.05, 4.69) is 0 Å². The number of ketones is 1. The van der Waals surface area contributed by atoms with Crippen LogP contribution in [0.1, 0.15) is 24.8 Å². The van der Waals surface area contributed by atoms with Crippen LogP contribution in [0.3, 0.4) is 0 Å². The van der Waals surface area contributed by atoms with Gasteiger partial charge in [0.05, 0.1) is 18.8 Å². The topological polar surface area (TPSA) is 86.7 Å². The van der Waals surface area contributed by atoms with Gasteiger partial charge >= 0.3 is 5.97 Å². The zero-order valence-corrected chi connectivity index (χ0v) is 13.8. The van der Waals surface area contributed by atoms with Gasteiger partial charge in [-0.2, -0.15) is 8.42 Å². The van der Waals surface area contributed by atoms with Crippen molar-refractivity contribution in [2.45, 2.75) is 25.9 Å². The first-order valence-corrected chi connectivity index (χ1v) is 9.23. The summed E-state index contributed by atoms with van der Waals surface area (Å²) in [6.45, 7) is -0.0144. The predicted octanol–water partition coefficient (Wildman–Crippen LogP) is 1.69. The second kappa shape index (κ2) is 7.70. The van der Waals surface area contributed by atoms with Gasteiger partial charge in [0, 0.05) is 18.8 Å². The Balaban J connectivity index is 1.96. The molecule has 1 aliphatic carbocycles. The maximum absolute atomic E-state index is 12.3. The number of hydrogen-bond acceptors (Lipinski definition) is 6. The molecule has 0 aliphatic heterocycles. The average Bonchev–Trinajstić information content (AvgIpc) is 2.51. The van der Waals surface area contributed by atoms with Crippen LogP contribution in [0.4, 0.5) is 0 Å². The minimum Gasteiger partial charge on any atom is -0.461 e. The fourth-order valence-electron chi connectivity index (χ4n) is 2.62. The number of carbonyl (C=O) groups excluding carboxylic acids is 2. The minimum absolute atomic E-state index is 0.0132. The molecule has 0 radical (unpaired) electrons. The molecule has 23 heavy (non-hydrogen) atoms. The molecule has 0 spiro atoms. The Morgan fingerprint density at radius 3 is 2.61 bits per heavy atom. The van der Waals surface area contributed by atoms with E-state index in [9.17, 15) is 18.0 Å². The van der Waals surface area contributed by atoms with Crippen molar-refractivity contribution in [3.05, 3.63) is 35.9 Å². The zero-order chi connectivity index (χ0) is 16.9. The second-order valence-corrected chi connectivity index (χ2v) is 7.37. The number of ether oxygens (including phenoxy) is 1. The Labute approximate surface area is 135 Å². The zero-order valence-electron chi connectivity index (χ0n) is 12.9. The van der Waals surface area contributed by atoms with Gasteiger partial charge in [-0.3, -0.25) is 13.8 Å². The van der Waals surface area contributed by atoms with E-state index in [-0.39, 0.29) is 25.4 Å². The third-order valence-corrected chi connectivity index (χ3v) is 4.38. The number of esters is 1. The van der Waals surface area contributed by atoms with Gasteiger partial charge in [0.15, 0.2) is 0 Å². The lowest BCUT2D eigenvalue weighted by molar-refractivity contribution is -0.154. The summed E-state index contributed by atoms with van der Waals surface area (Å²) in [6.07, 6.45) is 1.76. The smallest absolute Gasteiger partial charge is 0.309 e. The molecule has 6 nitrogen and oxygen atoms in total. The monoisotopic (exact) mass is 340 g/mol. The minimum atomic E-state index is -3.61. The van der Waals surface area contributed by atoms with Crippen molar-refractivity contribution in [1.29, 1.82) is 0 Å².